The van der Waals surface area contributed by atoms with E-state index >= 15 is 0 Å². The summed E-state index contributed by atoms with van der Waals surface area (Å²) in [7, 11) is 0. The lowest BCUT2D eigenvalue weighted by Gasteiger charge is -2.32. The van der Waals surface area contributed by atoms with Gasteiger partial charge in [-0.1, -0.05) is 13.3 Å². The molecule has 0 N–H and O–H groups in total. The molecule has 0 radical (unpaired) electrons. The first-order chi connectivity index (χ1) is 14.0. The van der Waals surface area contributed by atoms with E-state index < -0.39 is 17.6 Å². The first-order valence-corrected chi connectivity index (χ1v) is 10.7. The largest absolute Gasteiger partial charge is 0.498 e. The first kappa shape index (κ1) is 21.6. The summed E-state index contributed by atoms with van der Waals surface area (Å²) in [6, 6.07) is 2.52. The van der Waals surface area contributed by atoms with E-state index in [4.69, 9.17) is 14.2 Å². The topological polar surface area (TPSA) is 44.8 Å². The van der Waals surface area contributed by atoms with E-state index in [1.807, 2.05) is 6.26 Å². The summed E-state index contributed by atoms with van der Waals surface area (Å²) in [6.45, 7) is 4.07. The van der Waals surface area contributed by atoms with Gasteiger partial charge in [0.05, 0.1) is 24.9 Å². The predicted molar refractivity (Wildman–Crippen MR) is 106 cm³/mol. The summed E-state index contributed by atoms with van der Waals surface area (Å²) < 4.78 is 44.1. The maximum Gasteiger partial charge on any atom is 0.314 e. The van der Waals surface area contributed by atoms with Crippen LogP contribution in [0.15, 0.2) is 24.0 Å². The van der Waals surface area contributed by atoms with Gasteiger partial charge in [0.1, 0.15) is 0 Å². The van der Waals surface area contributed by atoms with Crippen molar-refractivity contribution in [3.8, 4) is 11.5 Å². The second-order valence-electron chi connectivity index (χ2n) is 7.87. The molecule has 1 unspecified atom stereocenters. The third kappa shape index (κ3) is 5.28. The monoisotopic (exact) mass is 408 g/mol. The molecule has 1 fully saturated rings. The number of ether oxygens (including phenoxy) is 3. The van der Waals surface area contributed by atoms with Crippen LogP contribution in [0.1, 0.15) is 65.2 Å². The van der Waals surface area contributed by atoms with Crippen LogP contribution in [0, 0.1) is 23.5 Å². The highest BCUT2D eigenvalue weighted by Gasteiger charge is 2.31. The van der Waals surface area contributed by atoms with Gasteiger partial charge >= 0.3 is 5.97 Å². The van der Waals surface area contributed by atoms with E-state index in [1.54, 1.807) is 6.92 Å². The van der Waals surface area contributed by atoms with E-state index in [0.29, 0.717) is 24.9 Å². The zero-order chi connectivity index (χ0) is 20.8. The highest BCUT2D eigenvalue weighted by atomic mass is 19.2. The lowest BCUT2D eigenvalue weighted by Crippen LogP contribution is -2.27. The summed E-state index contributed by atoms with van der Waals surface area (Å²) >= 11 is 0. The molecule has 1 aromatic carbocycles. The van der Waals surface area contributed by atoms with Gasteiger partial charge in [0.2, 0.25) is 11.6 Å². The van der Waals surface area contributed by atoms with Crippen LogP contribution < -0.4 is 9.47 Å². The Balaban J connectivity index is 1.52. The summed E-state index contributed by atoms with van der Waals surface area (Å²) in [4.78, 5) is 12.5. The van der Waals surface area contributed by atoms with E-state index in [0.717, 1.165) is 38.5 Å². The van der Waals surface area contributed by atoms with Crippen molar-refractivity contribution in [3.05, 3.63) is 35.6 Å². The Morgan fingerprint density at radius 3 is 2.38 bits per heavy atom. The number of hydrogen-bond acceptors (Lipinski definition) is 4. The van der Waals surface area contributed by atoms with E-state index in [1.165, 1.54) is 17.7 Å². The van der Waals surface area contributed by atoms with Gasteiger partial charge < -0.3 is 14.2 Å². The molecule has 0 aromatic heterocycles. The molecule has 1 heterocycles. The maximum atomic E-state index is 14.2. The number of esters is 1. The molecule has 4 nitrogen and oxygen atoms in total. The molecule has 1 aliphatic heterocycles. The van der Waals surface area contributed by atoms with Crippen LogP contribution in [0.25, 0.3) is 0 Å². The molecule has 0 spiro atoms. The highest BCUT2D eigenvalue weighted by Crippen LogP contribution is 2.38. The maximum absolute atomic E-state index is 14.2. The fourth-order valence-corrected chi connectivity index (χ4v) is 4.22. The van der Waals surface area contributed by atoms with E-state index in [9.17, 15) is 13.6 Å². The molecule has 160 valence electrons. The van der Waals surface area contributed by atoms with Crippen LogP contribution in [0.3, 0.4) is 0 Å². The van der Waals surface area contributed by atoms with Crippen molar-refractivity contribution >= 4 is 5.97 Å². The Morgan fingerprint density at radius 1 is 1.07 bits per heavy atom. The third-order valence-electron chi connectivity index (χ3n) is 5.88. The number of benzene rings is 1. The normalized spacial score (nSPS) is 24.4. The van der Waals surface area contributed by atoms with Crippen LogP contribution in [-0.2, 0) is 9.53 Å². The highest BCUT2D eigenvalue weighted by molar-refractivity contribution is 5.75. The van der Waals surface area contributed by atoms with Gasteiger partial charge in [0, 0.05) is 0 Å². The van der Waals surface area contributed by atoms with Crippen molar-refractivity contribution in [2.45, 2.75) is 71.3 Å². The van der Waals surface area contributed by atoms with Gasteiger partial charge in [-0.2, -0.15) is 8.78 Å². The van der Waals surface area contributed by atoms with Crippen LogP contribution in [0.2, 0.25) is 0 Å². The van der Waals surface area contributed by atoms with Crippen molar-refractivity contribution in [1.82, 2.24) is 0 Å². The van der Waals surface area contributed by atoms with Gasteiger partial charge in [-0.25, -0.2) is 0 Å². The predicted octanol–water partition coefficient (Wildman–Crippen LogP) is 5.94. The second kappa shape index (κ2) is 10.1. The molecule has 0 bridgehead atoms. The standard InChI is InChI=1S/C23H30F2O4/c1-3-5-18-11-10-17(14-28-18)15-6-8-16(9-7-15)23(26)29-20-13-12-19(27-4-2)21(24)22(20)25/h12-16,18H,3-11H2,1-2H3. The van der Waals surface area contributed by atoms with Gasteiger partial charge in [-0.3, -0.25) is 4.79 Å². The van der Waals surface area contributed by atoms with Crippen molar-refractivity contribution in [3.63, 3.8) is 0 Å². The Bertz CT molecular complexity index is 739. The zero-order valence-corrected chi connectivity index (χ0v) is 17.2. The fraction of sp³-hybridized carbons (Fsp3) is 0.609. The molecule has 0 saturated heterocycles. The summed E-state index contributed by atoms with van der Waals surface area (Å²) in [5.41, 5.74) is 1.34. The minimum Gasteiger partial charge on any atom is -0.498 e. The molecule has 0 amide bonds. The van der Waals surface area contributed by atoms with Crippen molar-refractivity contribution < 1.29 is 27.8 Å². The molecule has 1 atom stereocenters. The molecule has 3 rings (SSSR count). The third-order valence-corrected chi connectivity index (χ3v) is 5.88. The number of hydrogen-bond donors (Lipinski definition) is 0. The van der Waals surface area contributed by atoms with Crippen LogP contribution in [-0.4, -0.2) is 18.7 Å². The molecule has 6 heteroatoms. The van der Waals surface area contributed by atoms with Crippen molar-refractivity contribution in [2.75, 3.05) is 6.61 Å². The summed E-state index contributed by atoms with van der Waals surface area (Å²) in [5.74, 6) is -3.25. The summed E-state index contributed by atoms with van der Waals surface area (Å²) in [6.07, 6.45) is 9.73. The summed E-state index contributed by atoms with van der Waals surface area (Å²) in [5, 5.41) is 0. The SMILES string of the molecule is CCCC1CCC(C2CCC(C(=O)Oc3ccc(OCC)c(F)c3F)CC2)=CO1. The van der Waals surface area contributed by atoms with Gasteiger partial charge in [-0.05, 0) is 75.5 Å². The van der Waals surface area contributed by atoms with Gasteiger partial charge in [0.15, 0.2) is 11.5 Å². The number of carbonyl (C=O) groups excluding carboxylic acids is 1. The molecular formula is C23H30F2O4. The molecule has 1 saturated carbocycles. The zero-order valence-electron chi connectivity index (χ0n) is 17.2. The van der Waals surface area contributed by atoms with E-state index in [2.05, 4.69) is 6.92 Å². The lowest BCUT2D eigenvalue weighted by molar-refractivity contribution is -0.140. The van der Waals surface area contributed by atoms with Crippen molar-refractivity contribution in [1.29, 1.82) is 0 Å². The molecule has 1 aromatic rings. The average Bonchev–Trinajstić information content (AvgIpc) is 2.74. The first-order valence-electron chi connectivity index (χ1n) is 10.7. The van der Waals surface area contributed by atoms with Crippen LogP contribution >= 0.6 is 0 Å². The average molecular weight is 408 g/mol. The van der Waals surface area contributed by atoms with E-state index in [-0.39, 0.29) is 24.0 Å². The lowest BCUT2D eigenvalue weighted by atomic mass is 9.77. The Kier molecular flexibility index (Phi) is 7.51. The fourth-order valence-electron chi connectivity index (χ4n) is 4.22. The number of rotatable bonds is 7. The number of halogens is 2. The Labute approximate surface area is 171 Å². The molecule has 2 aliphatic rings. The Hall–Kier alpha value is -2.11. The van der Waals surface area contributed by atoms with Crippen LogP contribution in [0.5, 0.6) is 11.5 Å². The van der Waals surface area contributed by atoms with Gasteiger partial charge in [-0.15, -0.1) is 0 Å². The Morgan fingerprint density at radius 2 is 1.76 bits per heavy atom. The quantitative estimate of drug-likeness (QED) is 0.414. The van der Waals surface area contributed by atoms with Crippen LogP contribution in [0.4, 0.5) is 8.78 Å². The molecule has 1 aliphatic carbocycles. The minimum atomic E-state index is -1.19. The number of allylic oxidation sites excluding steroid dienone is 1. The number of carbonyl (C=O) groups is 1. The van der Waals surface area contributed by atoms with Gasteiger partial charge in [0.25, 0.3) is 0 Å². The molecular weight excluding hydrogens is 378 g/mol. The van der Waals surface area contributed by atoms with Crippen molar-refractivity contribution in [2.24, 2.45) is 11.8 Å². The second-order valence-corrected chi connectivity index (χ2v) is 7.87. The smallest absolute Gasteiger partial charge is 0.314 e. The molecule has 29 heavy (non-hydrogen) atoms. The minimum absolute atomic E-state index is 0.186.